The summed E-state index contributed by atoms with van der Waals surface area (Å²) in [6, 6.07) is 4.97. The van der Waals surface area contributed by atoms with E-state index in [1.54, 1.807) is 19.2 Å². The predicted molar refractivity (Wildman–Crippen MR) is 109 cm³/mol. The first-order chi connectivity index (χ1) is 13.5. The van der Waals surface area contributed by atoms with E-state index in [1.807, 2.05) is 0 Å². The van der Waals surface area contributed by atoms with E-state index in [2.05, 4.69) is 29.0 Å². The van der Waals surface area contributed by atoms with E-state index < -0.39 is 0 Å². The van der Waals surface area contributed by atoms with Crippen molar-refractivity contribution < 1.29 is 13.9 Å². The van der Waals surface area contributed by atoms with Gasteiger partial charge in [0.05, 0.1) is 13.7 Å². The number of rotatable bonds is 6. The summed E-state index contributed by atoms with van der Waals surface area (Å²) < 4.78 is 18.9. The molecule has 0 bridgehead atoms. The van der Waals surface area contributed by atoms with E-state index in [0.717, 1.165) is 43.9 Å². The highest BCUT2D eigenvalue weighted by atomic mass is 19.1. The van der Waals surface area contributed by atoms with Crippen molar-refractivity contribution in [3.63, 3.8) is 0 Å². The number of ether oxygens (including phenoxy) is 1. The van der Waals surface area contributed by atoms with E-state index in [1.165, 1.54) is 18.9 Å². The minimum Gasteiger partial charge on any atom is -0.496 e. The molecule has 156 valence electrons. The Hall–Kier alpha value is -1.66. The second-order valence-electron chi connectivity index (χ2n) is 8.45. The fourth-order valence-corrected chi connectivity index (χ4v) is 4.46. The zero-order chi connectivity index (χ0) is 20.1. The molecule has 1 aliphatic heterocycles. The standard InChI is InChI=1S/C22H34FN3O2/c1-16-5-4-6-20(17(16)2)24-22(27)15-26-11-9-25(10-12-26)14-18-13-19(23)7-8-21(18)28-3/h7-8,13,16-17,20H,4-6,9-12,14-15H2,1-3H3,(H,24,27)/t16-,17+,20+/m0/s1. The lowest BCUT2D eigenvalue weighted by Gasteiger charge is -2.37. The number of carbonyl (C=O) groups is 1. The van der Waals surface area contributed by atoms with Crippen LogP contribution in [0.25, 0.3) is 0 Å². The van der Waals surface area contributed by atoms with Gasteiger partial charge in [-0.25, -0.2) is 4.39 Å². The molecule has 1 amide bonds. The summed E-state index contributed by atoms with van der Waals surface area (Å²) >= 11 is 0. The molecule has 28 heavy (non-hydrogen) atoms. The lowest BCUT2D eigenvalue weighted by molar-refractivity contribution is -0.124. The average molecular weight is 392 g/mol. The minimum absolute atomic E-state index is 0.145. The Labute approximate surface area is 168 Å². The summed E-state index contributed by atoms with van der Waals surface area (Å²) in [4.78, 5) is 17.0. The van der Waals surface area contributed by atoms with Crippen LogP contribution in [0.15, 0.2) is 18.2 Å². The molecular weight excluding hydrogens is 357 g/mol. The zero-order valence-electron chi connectivity index (χ0n) is 17.4. The molecule has 1 aromatic carbocycles. The van der Waals surface area contributed by atoms with Gasteiger partial charge in [0.15, 0.2) is 0 Å². The van der Waals surface area contributed by atoms with Gasteiger partial charge in [-0.3, -0.25) is 14.6 Å². The van der Waals surface area contributed by atoms with Gasteiger partial charge >= 0.3 is 0 Å². The van der Waals surface area contributed by atoms with E-state index in [0.29, 0.717) is 31.0 Å². The van der Waals surface area contributed by atoms with Gasteiger partial charge in [-0.05, 0) is 36.5 Å². The summed E-state index contributed by atoms with van der Waals surface area (Å²) in [5, 5.41) is 3.27. The van der Waals surface area contributed by atoms with Crippen molar-refractivity contribution in [3.8, 4) is 5.75 Å². The molecule has 5 nitrogen and oxygen atoms in total. The van der Waals surface area contributed by atoms with Crippen molar-refractivity contribution in [2.75, 3.05) is 39.8 Å². The van der Waals surface area contributed by atoms with Gasteiger partial charge in [0.2, 0.25) is 5.91 Å². The molecule has 1 N–H and O–H groups in total. The summed E-state index contributed by atoms with van der Waals surface area (Å²) in [5.41, 5.74) is 0.870. The molecule has 3 rings (SSSR count). The van der Waals surface area contributed by atoms with Crippen molar-refractivity contribution in [1.29, 1.82) is 0 Å². The van der Waals surface area contributed by atoms with Gasteiger partial charge in [0.1, 0.15) is 11.6 Å². The number of benzene rings is 1. The van der Waals surface area contributed by atoms with E-state index in [-0.39, 0.29) is 11.7 Å². The Morgan fingerprint density at radius 2 is 1.89 bits per heavy atom. The number of nitrogens with one attached hydrogen (secondary N) is 1. The molecule has 6 heteroatoms. The average Bonchev–Trinajstić information content (AvgIpc) is 2.67. The minimum atomic E-state index is -0.239. The Kier molecular flexibility index (Phi) is 7.30. The number of methoxy groups -OCH3 is 1. The number of amides is 1. The molecule has 0 aromatic heterocycles. The smallest absolute Gasteiger partial charge is 0.234 e. The van der Waals surface area contributed by atoms with Crippen molar-refractivity contribution in [3.05, 3.63) is 29.6 Å². The Morgan fingerprint density at radius 3 is 2.61 bits per heavy atom. The third kappa shape index (κ3) is 5.45. The first-order valence-corrected chi connectivity index (χ1v) is 10.5. The van der Waals surface area contributed by atoms with Crippen molar-refractivity contribution in [2.45, 2.75) is 45.7 Å². The van der Waals surface area contributed by atoms with Crippen LogP contribution in [0.1, 0.15) is 38.7 Å². The van der Waals surface area contributed by atoms with Gasteiger partial charge in [0, 0.05) is 44.3 Å². The molecule has 1 saturated carbocycles. The normalized spacial score (nSPS) is 26.8. The molecule has 2 fully saturated rings. The van der Waals surface area contributed by atoms with E-state index >= 15 is 0 Å². The summed E-state index contributed by atoms with van der Waals surface area (Å²) in [5.74, 6) is 1.86. The van der Waals surface area contributed by atoms with Crippen molar-refractivity contribution in [2.24, 2.45) is 11.8 Å². The quantitative estimate of drug-likeness (QED) is 0.810. The number of hydrogen-bond acceptors (Lipinski definition) is 4. The number of halogens is 1. The van der Waals surface area contributed by atoms with Crippen LogP contribution in [0.5, 0.6) is 5.75 Å². The Balaban J connectivity index is 1.44. The van der Waals surface area contributed by atoms with Crippen molar-refractivity contribution in [1.82, 2.24) is 15.1 Å². The van der Waals surface area contributed by atoms with Crippen LogP contribution >= 0.6 is 0 Å². The fourth-order valence-electron chi connectivity index (χ4n) is 4.46. The highest BCUT2D eigenvalue weighted by Gasteiger charge is 2.29. The van der Waals surface area contributed by atoms with E-state index in [9.17, 15) is 9.18 Å². The maximum atomic E-state index is 13.6. The predicted octanol–water partition coefficient (Wildman–Crippen LogP) is 2.89. The first kappa shape index (κ1) is 21.1. The maximum absolute atomic E-state index is 13.6. The molecule has 1 aromatic rings. The third-order valence-corrected chi connectivity index (χ3v) is 6.52. The highest BCUT2D eigenvalue weighted by Crippen LogP contribution is 2.29. The monoisotopic (exact) mass is 391 g/mol. The largest absolute Gasteiger partial charge is 0.496 e. The molecule has 3 atom stereocenters. The number of nitrogens with zero attached hydrogens (tertiary/aromatic N) is 2. The lowest BCUT2D eigenvalue weighted by atomic mass is 9.78. The highest BCUT2D eigenvalue weighted by molar-refractivity contribution is 5.78. The second kappa shape index (κ2) is 9.70. The SMILES string of the molecule is COc1ccc(F)cc1CN1CCN(CC(=O)N[C@@H]2CCC[C@H](C)[C@H]2C)CC1. The maximum Gasteiger partial charge on any atom is 0.234 e. The summed E-state index contributed by atoms with van der Waals surface area (Å²) in [6.45, 7) is 9.11. The summed E-state index contributed by atoms with van der Waals surface area (Å²) in [6.07, 6.45) is 3.57. The second-order valence-corrected chi connectivity index (χ2v) is 8.45. The molecule has 2 aliphatic rings. The molecule has 0 radical (unpaired) electrons. The van der Waals surface area contributed by atoms with E-state index in [4.69, 9.17) is 4.74 Å². The number of piperazine rings is 1. The van der Waals surface area contributed by atoms with Gasteiger partial charge in [-0.15, -0.1) is 0 Å². The summed E-state index contributed by atoms with van der Waals surface area (Å²) in [7, 11) is 1.61. The zero-order valence-corrected chi connectivity index (χ0v) is 17.4. The molecule has 0 spiro atoms. The van der Waals surface area contributed by atoms with Gasteiger partial charge in [0.25, 0.3) is 0 Å². The molecule has 1 saturated heterocycles. The van der Waals surface area contributed by atoms with Gasteiger partial charge in [-0.1, -0.05) is 26.7 Å². The topological polar surface area (TPSA) is 44.8 Å². The number of hydrogen-bond donors (Lipinski definition) is 1. The van der Waals surface area contributed by atoms with Gasteiger partial charge < -0.3 is 10.1 Å². The van der Waals surface area contributed by atoms with Crippen LogP contribution in [0.3, 0.4) is 0 Å². The van der Waals surface area contributed by atoms with Crippen LogP contribution in [-0.2, 0) is 11.3 Å². The van der Waals surface area contributed by atoms with Crippen LogP contribution < -0.4 is 10.1 Å². The third-order valence-electron chi connectivity index (χ3n) is 6.52. The molecule has 0 unspecified atom stereocenters. The molecule has 1 aliphatic carbocycles. The first-order valence-electron chi connectivity index (χ1n) is 10.5. The Morgan fingerprint density at radius 1 is 1.18 bits per heavy atom. The molecule has 1 heterocycles. The molecular formula is C22H34FN3O2. The fraction of sp³-hybridized carbons (Fsp3) is 0.682. The van der Waals surface area contributed by atoms with Crippen LogP contribution in [0.2, 0.25) is 0 Å². The number of carbonyl (C=O) groups excluding carboxylic acids is 1. The van der Waals surface area contributed by atoms with Crippen molar-refractivity contribution >= 4 is 5.91 Å². The van der Waals surface area contributed by atoms with Crippen LogP contribution in [0.4, 0.5) is 4.39 Å². The van der Waals surface area contributed by atoms with Gasteiger partial charge in [-0.2, -0.15) is 0 Å². The Bertz CT molecular complexity index is 661. The van der Waals surface area contributed by atoms with Crippen LogP contribution in [-0.4, -0.2) is 61.6 Å². The van der Waals surface area contributed by atoms with Crippen LogP contribution in [0, 0.1) is 17.7 Å². The lowest BCUT2D eigenvalue weighted by Crippen LogP contribution is -2.51.